The molecule has 2 aromatic rings. The third-order valence-electron chi connectivity index (χ3n) is 4.79. The molecule has 1 heterocycles. The van der Waals surface area contributed by atoms with Crippen molar-refractivity contribution in [1.29, 1.82) is 0 Å². The van der Waals surface area contributed by atoms with Crippen LogP contribution >= 0.6 is 0 Å². The Hall–Kier alpha value is -2.82. The molecular weight excluding hydrogens is 330 g/mol. The molecule has 0 spiro atoms. The topological polar surface area (TPSA) is 55.8 Å². The molecule has 0 saturated carbocycles. The molecule has 2 atom stereocenters. The Morgan fingerprint density at radius 1 is 1.08 bits per heavy atom. The number of likely N-dealkylation sites (tertiary alicyclic amines) is 1. The number of ether oxygens (including phenoxy) is 2. The van der Waals surface area contributed by atoms with E-state index in [1.165, 1.54) is 12.0 Å². The monoisotopic (exact) mass is 353 g/mol. The van der Waals surface area contributed by atoms with Crippen LogP contribution in [0, 0.1) is 6.92 Å². The number of nitrogens with zero attached hydrogens (tertiary/aromatic N) is 1. The summed E-state index contributed by atoms with van der Waals surface area (Å²) < 4.78 is 10.4. The van der Waals surface area contributed by atoms with E-state index in [4.69, 9.17) is 9.47 Å². The van der Waals surface area contributed by atoms with Gasteiger partial charge in [-0.15, -0.1) is 0 Å². The van der Waals surface area contributed by atoms with E-state index in [1.54, 1.807) is 0 Å². The summed E-state index contributed by atoms with van der Waals surface area (Å²) in [6.45, 7) is 2.66. The molecule has 2 aromatic carbocycles. The van der Waals surface area contributed by atoms with E-state index in [0.717, 1.165) is 16.7 Å². The molecule has 1 saturated heterocycles. The van der Waals surface area contributed by atoms with Gasteiger partial charge in [0.2, 0.25) is 0 Å². The second kappa shape index (κ2) is 8.04. The highest BCUT2D eigenvalue weighted by Crippen LogP contribution is 2.35. The van der Waals surface area contributed by atoms with Gasteiger partial charge in [-0.1, -0.05) is 60.2 Å². The zero-order valence-electron chi connectivity index (χ0n) is 15.1. The molecule has 0 N–H and O–H groups in total. The Bertz CT molecular complexity index is 757. The van der Waals surface area contributed by atoms with Crippen molar-refractivity contribution >= 4 is 12.1 Å². The smallest absolute Gasteiger partial charge is 0.410 e. The fourth-order valence-corrected chi connectivity index (χ4v) is 3.37. The van der Waals surface area contributed by atoms with Gasteiger partial charge in [0.25, 0.3) is 0 Å². The lowest BCUT2D eigenvalue weighted by Crippen LogP contribution is -2.43. The van der Waals surface area contributed by atoms with Crippen LogP contribution in [-0.4, -0.2) is 36.7 Å². The van der Waals surface area contributed by atoms with Gasteiger partial charge in [0, 0.05) is 12.5 Å². The largest absolute Gasteiger partial charge is 0.467 e. The number of amides is 1. The highest BCUT2D eigenvalue weighted by Gasteiger charge is 2.44. The molecular formula is C21H23NO4. The number of aryl methyl sites for hydroxylation is 1. The molecule has 3 rings (SSSR count). The predicted molar refractivity (Wildman–Crippen MR) is 97.7 cm³/mol. The van der Waals surface area contributed by atoms with Gasteiger partial charge >= 0.3 is 12.1 Å². The van der Waals surface area contributed by atoms with Gasteiger partial charge in [-0.05, 0) is 24.5 Å². The zero-order valence-corrected chi connectivity index (χ0v) is 15.1. The maximum atomic E-state index is 12.6. The van der Waals surface area contributed by atoms with E-state index in [0.29, 0.717) is 13.0 Å². The summed E-state index contributed by atoms with van der Waals surface area (Å²) in [5, 5.41) is 0. The first kappa shape index (κ1) is 18.0. The fraction of sp³-hybridized carbons (Fsp3) is 0.333. The molecule has 1 fully saturated rings. The Morgan fingerprint density at radius 2 is 1.77 bits per heavy atom. The van der Waals surface area contributed by atoms with Gasteiger partial charge in [-0.3, -0.25) is 4.90 Å². The minimum absolute atomic E-state index is 0.0904. The lowest BCUT2D eigenvalue weighted by molar-refractivity contribution is -0.145. The van der Waals surface area contributed by atoms with Crippen LogP contribution in [0.15, 0.2) is 54.6 Å². The third-order valence-corrected chi connectivity index (χ3v) is 4.79. The van der Waals surface area contributed by atoms with E-state index in [1.807, 2.05) is 61.5 Å². The molecule has 5 heteroatoms. The van der Waals surface area contributed by atoms with Crippen molar-refractivity contribution in [1.82, 2.24) is 4.90 Å². The van der Waals surface area contributed by atoms with E-state index >= 15 is 0 Å². The van der Waals surface area contributed by atoms with E-state index in [-0.39, 0.29) is 12.5 Å². The van der Waals surface area contributed by atoms with Crippen molar-refractivity contribution < 1.29 is 19.1 Å². The summed E-state index contributed by atoms with van der Waals surface area (Å²) in [6, 6.07) is 16.9. The second-order valence-electron chi connectivity index (χ2n) is 6.51. The minimum atomic E-state index is -0.661. The second-order valence-corrected chi connectivity index (χ2v) is 6.51. The van der Waals surface area contributed by atoms with Crippen LogP contribution in [0.1, 0.15) is 29.0 Å². The molecule has 0 bridgehead atoms. The molecule has 0 radical (unpaired) electrons. The number of carbonyl (C=O) groups is 2. The molecule has 1 amide bonds. The maximum Gasteiger partial charge on any atom is 0.410 e. The number of benzene rings is 2. The summed E-state index contributed by atoms with van der Waals surface area (Å²) in [6.07, 6.45) is 0.211. The van der Waals surface area contributed by atoms with Crippen LogP contribution < -0.4 is 0 Å². The lowest BCUT2D eigenvalue weighted by atomic mass is 9.91. The van der Waals surface area contributed by atoms with Gasteiger partial charge in [0.15, 0.2) is 0 Å². The van der Waals surface area contributed by atoms with E-state index < -0.39 is 18.1 Å². The molecule has 136 valence electrons. The van der Waals surface area contributed by atoms with Crippen LogP contribution in [0.4, 0.5) is 4.79 Å². The van der Waals surface area contributed by atoms with Gasteiger partial charge in [-0.25, -0.2) is 9.59 Å². The standard InChI is InChI=1S/C21H23NO4/c1-15-8-10-17(11-9-15)18-12-13-22(19(18)20(23)25-2)21(24)26-14-16-6-4-3-5-7-16/h3-11,18-19H,12-14H2,1-2H3. The van der Waals surface area contributed by atoms with Crippen LogP contribution in [0.5, 0.6) is 0 Å². The highest BCUT2D eigenvalue weighted by atomic mass is 16.6. The molecule has 0 aromatic heterocycles. The highest BCUT2D eigenvalue weighted by molar-refractivity contribution is 5.83. The SMILES string of the molecule is COC(=O)C1C(c2ccc(C)cc2)CCN1C(=O)OCc1ccccc1. The first-order valence-corrected chi connectivity index (χ1v) is 8.72. The number of hydrogen-bond acceptors (Lipinski definition) is 4. The number of hydrogen-bond donors (Lipinski definition) is 0. The Kier molecular flexibility index (Phi) is 5.56. The van der Waals surface area contributed by atoms with E-state index in [2.05, 4.69) is 0 Å². The van der Waals surface area contributed by atoms with Crippen molar-refractivity contribution in [2.45, 2.75) is 31.9 Å². The van der Waals surface area contributed by atoms with Gasteiger partial charge in [0.05, 0.1) is 7.11 Å². The quantitative estimate of drug-likeness (QED) is 0.787. The Balaban J connectivity index is 1.74. The molecule has 1 aliphatic rings. The zero-order chi connectivity index (χ0) is 18.5. The average molecular weight is 353 g/mol. The number of rotatable bonds is 4. The first-order chi connectivity index (χ1) is 12.6. The summed E-state index contributed by atoms with van der Waals surface area (Å²) in [5.74, 6) is -0.503. The summed E-state index contributed by atoms with van der Waals surface area (Å²) in [4.78, 5) is 26.4. The van der Waals surface area contributed by atoms with Crippen LogP contribution in [0.3, 0.4) is 0 Å². The summed E-state index contributed by atoms with van der Waals surface area (Å²) >= 11 is 0. The predicted octanol–water partition coefficient (Wildman–Crippen LogP) is 3.66. The van der Waals surface area contributed by atoms with Gasteiger partial charge < -0.3 is 9.47 Å². The summed E-state index contributed by atoms with van der Waals surface area (Å²) in [5.41, 5.74) is 3.09. The van der Waals surface area contributed by atoms with Crippen LogP contribution in [0.25, 0.3) is 0 Å². The van der Waals surface area contributed by atoms with Crippen molar-refractivity contribution in [2.24, 2.45) is 0 Å². The Morgan fingerprint density at radius 3 is 2.42 bits per heavy atom. The van der Waals surface area contributed by atoms with Crippen molar-refractivity contribution in [3.05, 3.63) is 71.3 Å². The normalized spacial score (nSPS) is 19.2. The van der Waals surface area contributed by atoms with Gasteiger partial charge in [0.1, 0.15) is 12.6 Å². The summed E-state index contributed by atoms with van der Waals surface area (Å²) in [7, 11) is 1.35. The number of esters is 1. The van der Waals surface area contributed by atoms with Crippen LogP contribution in [-0.2, 0) is 20.9 Å². The molecule has 0 aliphatic carbocycles. The van der Waals surface area contributed by atoms with Crippen molar-refractivity contribution in [2.75, 3.05) is 13.7 Å². The van der Waals surface area contributed by atoms with Crippen molar-refractivity contribution in [3.8, 4) is 0 Å². The number of methoxy groups -OCH3 is 1. The van der Waals surface area contributed by atoms with Gasteiger partial charge in [-0.2, -0.15) is 0 Å². The van der Waals surface area contributed by atoms with Crippen LogP contribution in [0.2, 0.25) is 0 Å². The fourth-order valence-electron chi connectivity index (χ4n) is 3.37. The lowest BCUT2D eigenvalue weighted by Gasteiger charge is -2.25. The van der Waals surface area contributed by atoms with E-state index in [9.17, 15) is 9.59 Å². The molecule has 26 heavy (non-hydrogen) atoms. The molecule has 5 nitrogen and oxygen atoms in total. The average Bonchev–Trinajstić information content (AvgIpc) is 3.12. The molecule has 1 aliphatic heterocycles. The van der Waals surface area contributed by atoms with Crippen molar-refractivity contribution in [3.63, 3.8) is 0 Å². The number of carbonyl (C=O) groups excluding carboxylic acids is 2. The first-order valence-electron chi connectivity index (χ1n) is 8.72. The Labute approximate surface area is 153 Å². The minimum Gasteiger partial charge on any atom is -0.467 e. The molecule has 2 unspecified atom stereocenters. The third kappa shape index (κ3) is 3.87. The maximum absolute atomic E-state index is 12.6.